The van der Waals surface area contributed by atoms with Gasteiger partial charge < -0.3 is 28.4 Å². The third-order valence-electron chi connectivity index (χ3n) is 16.1. The first-order valence-electron chi connectivity index (χ1n) is 31.0. The third-order valence-corrected chi connectivity index (χ3v) is 18.9. The minimum absolute atomic E-state index is 0.0241. The lowest BCUT2D eigenvalue weighted by Gasteiger charge is -2.29. The largest absolute Gasteiger partial charge is 0.493 e. The maximum Gasteiger partial charge on any atom is 0.269 e. The van der Waals surface area contributed by atoms with Crippen LogP contribution < -0.4 is 28.4 Å². The van der Waals surface area contributed by atoms with Crippen LogP contribution in [0.1, 0.15) is 176 Å². The van der Waals surface area contributed by atoms with E-state index in [1.165, 1.54) is 0 Å². The molecule has 0 saturated heterocycles. The number of carbonyl (C=O) groups excluding carboxylic acids is 2. The van der Waals surface area contributed by atoms with Crippen LogP contribution in [0.25, 0.3) is 0 Å². The molecule has 20 nitrogen and oxygen atoms in total. The Morgan fingerprint density at radius 3 is 0.978 bits per heavy atom. The van der Waals surface area contributed by atoms with Gasteiger partial charge in [0.1, 0.15) is 36.2 Å². The number of ether oxygens (including phenoxy) is 6. The predicted octanol–water partition coefficient (Wildman–Crippen LogP) is 12.5. The van der Waals surface area contributed by atoms with E-state index in [2.05, 4.69) is 141 Å². The van der Waals surface area contributed by atoms with Gasteiger partial charge in [-0.1, -0.05) is 132 Å². The van der Waals surface area contributed by atoms with Crippen LogP contribution in [0.4, 0.5) is 11.4 Å². The maximum absolute atomic E-state index is 13.5. The van der Waals surface area contributed by atoms with Gasteiger partial charge in [-0.3, -0.25) is 29.8 Å². The summed E-state index contributed by atoms with van der Waals surface area (Å²) < 4.78 is 97.7. The second kappa shape index (κ2) is 28.5. The van der Waals surface area contributed by atoms with E-state index in [0.29, 0.717) is 68.7 Å². The van der Waals surface area contributed by atoms with Crippen LogP contribution >= 0.6 is 0 Å². The van der Waals surface area contributed by atoms with Crippen molar-refractivity contribution in [3.05, 3.63) is 184 Å². The first-order valence-corrected chi connectivity index (χ1v) is 34.0. The molecule has 0 atom stereocenters. The van der Waals surface area contributed by atoms with Gasteiger partial charge in [0, 0.05) is 62.8 Å². The zero-order valence-electron chi connectivity index (χ0n) is 54.8. The van der Waals surface area contributed by atoms with Gasteiger partial charge in [-0.25, -0.2) is 26.3 Å². The van der Waals surface area contributed by atoms with Crippen molar-refractivity contribution in [2.75, 3.05) is 52.9 Å². The van der Waals surface area contributed by atoms with Gasteiger partial charge in [-0.2, -0.15) is 0 Å². The number of hydrogen-bond acceptors (Lipinski definition) is 16. The first-order chi connectivity index (χ1) is 43.1. The Morgan fingerprint density at radius 2 is 0.696 bits per heavy atom. The summed E-state index contributed by atoms with van der Waals surface area (Å²) in [5.41, 5.74) is 8.92. The van der Waals surface area contributed by atoms with E-state index in [1.54, 1.807) is 0 Å². The standard InChI is InChI=1S/C70H86N4O16S2/c1-67(2,3)53-37-45-33-46-38-54(68(4,5)6)40-48(64(46)88-26-14-16-62(76)72-92(83,84)60-23-19-58(20-24-60)74(79)80)35-50-42-56(70(10,11)12)44-52-36-51-43-55(69(7,8)9)41-49(65(51)89-31-29-85-27-28-86-30-32-90-66(50)52)34-47(39-53)63(45)87-25-13-15-61(75)71-91(81,82)59-21-17-57(18-22-59)73(77)78/h17-24,37-44H,13-16,25-36H2,1-12H3,(H,71,75)(H,72,76). The molecule has 2 amide bonds. The number of carbonyl (C=O) groups is 2. The fourth-order valence-corrected chi connectivity index (χ4v) is 12.9. The molecule has 0 fully saturated rings. The van der Waals surface area contributed by atoms with Crippen molar-refractivity contribution in [1.29, 1.82) is 0 Å². The fourth-order valence-electron chi connectivity index (χ4n) is 10.9. The Morgan fingerprint density at radius 1 is 0.435 bits per heavy atom. The summed E-state index contributed by atoms with van der Waals surface area (Å²) in [6.07, 6.45) is 0.943. The zero-order valence-corrected chi connectivity index (χ0v) is 56.4. The number of nitro benzene ring substituents is 2. The third kappa shape index (κ3) is 18.0. The van der Waals surface area contributed by atoms with E-state index in [-0.39, 0.29) is 90.5 Å². The van der Waals surface area contributed by atoms with Gasteiger partial charge in [0.15, 0.2) is 0 Å². The summed E-state index contributed by atoms with van der Waals surface area (Å²) in [5.74, 6) is 0.869. The Labute approximate surface area is 540 Å². The maximum atomic E-state index is 13.5. The molecule has 92 heavy (non-hydrogen) atoms. The summed E-state index contributed by atoms with van der Waals surface area (Å²) in [6, 6.07) is 25.9. The summed E-state index contributed by atoms with van der Waals surface area (Å²) >= 11 is 0. The molecule has 1 aliphatic carbocycles. The minimum Gasteiger partial charge on any atom is -0.493 e. The number of amides is 2. The Hall–Kier alpha value is -7.92. The molecular formula is C70H86N4O16S2. The highest BCUT2D eigenvalue weighted by Crippen LogP contribution is 2.45. The molecule has 0 spiro atoms. The smallest absolute Gasteiger partial charge is 0.269 e. The van der Waals surface area contributed by atoms with Gasteiger partial charge in [0.05, 0.1) is 59.3 Å². The van der Waals surface area contributed by atoms with E-state index < -0.39 is 52.5 Å². The molecule has 1 heterocycles. The van der Waals surface area contributed by atoms with Crippen LogP contribution in [0.5, 0.6) is 23.0 Å². The molecule has 2 N–H and O–H groups in total. The van der Waals surface area contributed by atoms with Gasteiger partial charge in [-0.15, -0.1) is 0 Å². The minimum atomic E-state index is -4.38. The van der Waals surface area contributed by atoms with Crippen LogP contribution in [0, 0.1) is 20.2 Å². The SMILES string of the molecule is CC(C)(C)c1cc2c(OCCCC(=O)NS(=O)(=O)c3ccc([N+](=O)[O-])cc3)c(c1)Cc1cc(C(C)(C)C)cc3c1OCCOCCOCCOc1c(cc(C(C)(C)C)cc1C3)Cc1cc(C(C)(C)C)cc(c1OCCCC(=O)NS(=O)(=O)c1ccc([N+](=O)[O-])cc1)C2. The number of hydrogen-bond donors (Lipinski definition) is 2. The first kappa shape index (κ1) is 70.0. The Bertz CT molecular complexity index is 3700. The lowest BCUT2D eigenvalue weighted by molar-refractivity contribution is -0.385. The molecule has 22 heteroatoms. The van der Waals surface area contributed by atoms with E-state index in [0.717, 1.165) is 115 Å². The summed E-state index contributed by atoms with van der Waals surface area (Å²) in [7, 11) is -8.76. The number of benzene rings is 6. The summed E-state index contributed by atoms with van der Waals surface area (Å²) in [4.78, 5) is 47.7. The average Bonchev–Trinajstić information content (AvgIpc) is 0.820. The molecule has 6 aromatic rings. The van der Waals surface area contributed by atoms with E-state index >= 15 is 0 Å². The normalized spacial score (nSPS) is 14.4. The van der Waals surface area contributed by atoms with Gasteiger partial charge >= 0.3 is 0 Å². The van der Waals surface area contributed by atoms with Crippen molar-refractivity contribution in [2.45, 2.75) is 166 Å². The quantitative estimate of drug-likeness (QED) is 0.0517. The van der Waals surface area contributed by atoms with Crippen molar-refractivity contribution in [3.8, 4) is 23.0 Å². The number of rotatable bonds is 16. The van der Waals surface area contributed by atoms with E-state index in [1.807, 2.05) is 0 Å². The van der Waals surface area contributed by atoms with Crippen molar-refractivity contribution < 1.29 is 64.7 Å². The molecule has 2 aliphatic rings. The highest BCUT2D eigenvalue weighted by molar-refractivity contribution is 7.90. The molecule has 0 radical (unpaired) electrons. The second-order valence-electron chi connectivity index (χ2n) is 27.6. The number of nitrogens with one attached hydrogen (secondary N) is 2. The highest BCUT2D eigenvalue weighted by Gasteiger charge is 2.31. The van der Waals surface area contributed by atoms with Crippen LogP contribution in [-0.2, 0) is 86.5 Å². The number of non-ortho nitro benzene ring substituents is 2. The molecule has 10 bridgehead atoms. The van der Waals surface area contributed by atoms with Crippen molar-refractivity contribution in [2.24, 2.45) is 0 Å². The average molecular weight is 1300 g/mol. The van der Waals surface area contributed by atoms with Gasteiger partial charge in [-0.05, 0) is 126 Å². The molecule has 494 valence electrons. The fraction of sp³-hybridized carbons (Fsp3) is 0.457. The van der Waals surface area contributed by atoms with E-state index in [9.17, 15) is 46.7 Å². The molecular weight excluding hydrogens is 1220 g/mol. The van der Waals surface area contributed by atoms with Gasteiger partial charge in [0.2, 0.25) is 11.8 Å². The number of nitro groups is 2. The molecule has 1 aliphatic heterocycles. The van der Waals surface area contributed by atoms with Crippen molar-refractivity contribution >= 4 is 43.2 Å². The molecule has 0 aromatic heterocycles. The monoisotopic (exact) mass is 1300 g/mol. The van der Waals surface area contributed by atoms with Gasteiger partial charge in [0.25, 0.3) is 31.4 Å². The summed E-state index contributed by atoms with van der Waals surface area (Å²) in [6.45, 7) is 27.6. The van der Waals surface area contributed by atoms with Crippen LogP contribution in [-0.4, -0.2) is 91.4 Å². The van der Waals surface area contributed by atoms with Crippen molar-refractivity contribution in [1.82, 2.24) is 9.44 Å². The van der Waals surface area contributed by atoms with E-state index in [4.69, 9.17) is 28.4 Å². The predicted molar refractivity (Wildman–Crippen MR) is 351 cm³/mol. The second-order valence-corrected chi connectivity index (χ2v) is 31.0. The lowest BCUT2D eigenvalue weighted by atomic mass is 9.79. The Kier molecular flexibility index (Phi) is 21.7. The van der Waals surface area contributed by atoms with Crippen LogP contribution in [0.15, 0.2) is 107 Å². The topological polar surface area (TPSA) is 268 Å². The number of nitrogens with zero attached hydrogens (tertiary/aromatic N) is 2. The molecule has 0 unspecified atom stereocenters. The molecule has 6 aromatic carbocycles. The number of sulfonamides is 2. The van der Waals surface area contributed by atoms with Crippen molar-refractivity contribution in [3.63, 3.8) is 0 Å². The number of fused-ring (bicyclic) bond motifs is 4. The zero-order chi connectivity index (χ0) is 67.1. The Balaban J connectivity index is 1.31. The molecule has 0 saturated carbocycles. The summed E-state index contributed by atoms with van der Waals surface area (Å²) in [5, 5.41) is 22.6. The lowest BCUT2D eigenvalue weighted by Crippen LogP contribution is -2.30. The molecule has 8 rings (SSSR count). The van der Waals surface area contributed by atoms with Crippen LogP contribution in [0.2, 0.25) is 0 Å². The highest BCUT2D eigenvalue weighted by atomic mass is 32.2. The van der Waals surface area contributed by atoms with Crippen LogP contribution in [0.3, 0.4) is 0 Å².